The van der Waals surface area contributed by atoms with Gasteiger partial charge in [-0.05, 0) is 38.0 Å². The van der Waals surface area contributed by atoms with E-state index in [1.807, 2.05) is 6.92 Å². The van der Waals surface area contributed by atoms with Crippen LogP contribution in [0.2, 0.25) is 0 Å². The monoisotopic (exact) mass is 291 g/mol. The van der Waals surface area contributed by atoms with E-state index in [1.165, 1.54) is 24.3 Å². The van der Waals surface area contributed by atoms with Crippen molar-refractivity contribution in [3.05, 3.63) is 39.9 Å². The Kier molecular flexibility index (Phi) is 3.80. The molecule has 1 fully saturated rings. The number of carbonyl (C=O) groups is 2. The molecule has 0 aliphatic carbocycles. The first kappa shape index (κ1) is 15.2. The quantitative estimate of drug-likeness (QED) is 0.370. The minimum Gasteiger partial charge on any atom is -0.456 e. The molecule has 0 aromatic heterocycles. The molecular weight excluding hydrogens is 274 g/mol. The van der Waals surface area contributed by atoms with E-state index >= 15 is 0 Å². The molecule has 2 rings (SSSR count). The van der Waals surface area contributed by atoms with Crippen LogP contribution < -0.4 is 0 Å². The first-order valence-corrected chi connectivity index (χ1v) is 6.78. The van der Waals surface area contributed by atoms with Crippen LogP contribution >= 0.6 is 0 Å². The maximum Gasteiger partial charge on any atom is 0.319 e. The number of nitro groups is 1. The lowest BCUT2D eigenvalue weighted by Gasteiger charge is -2.37. The Hall–Kier alpha value is -2.24. The molecule has 0 saturated carbocycles. The molecular formula is C15H17NO5. The molecule has 1 aliphatic heterocycles. The van der Waals surface area contributed by atoms with Gasteiger partial charge in [0.25, 0.3) is 5.69 Å². The maximum atomic E-state index is 12.4. The SMILES string of the molecule is CC[C@H]1C(=O)C(C)(C)C(=O)O[C@@H]1c1ccc([N+](=O)[O-])cc1. The average molecular weight is 291 g/mol. The van der Waals surface area contributed by atoms with Gasteiger partial charge in [0.1, 0.15) is 11.5 Å². The van der Waals surface area contributed by atoms with E-state index in [0.717, 1.165) is 0 Å². The highest BCUT2D eigenvalue weighted by molar-refractivity contribution is 6.06. The number of ether oxygens (including phenoxy) is 1. The molecule has 6 heteroatoms. The van der Waals surface area contributed by atoms with Crippen LogP contribution in [0.4, 0.5) is 5.69 Å². The number of nitro benzene ring substituents is 1. The van der Waals surface area contributed by atoms with Gasteiger partial charge in [0.05, 0.1) is 10.8 Å². The summed E-state index contributed by atoms with van der Waals surface area (Å²) in [6.45, 7) is 4.98. The molecule has 0 spiro atoms. The van der Waals surface area contributed by atoms with Crippen molar-refractivity contribution in [2.45, 2.75) is 33.3 Å². The largest absolute Gasteiger partial charge is 0.456 e. The Bertz CT molecular complexity index is 591. The molecule has 6 nitrogen and oxygen atoms in total. The fourth-order valence-electron chi connectivity index (χ4n) is 2.53. The number of nitrogens with zero attached hydrogens (tertiary/aromatic N) is 1. The lowest BCUT2D eigenvalue weighted by Crippen LogP contribution is -2.47. The molecule has 0 N–H and O–H groups in total. The van der Waals surface area contributed by atoms with Gasteiger partial charge in [-0.1, -0.05) is 6.92 Å². The highest BCUT2D eigenvalue weighted by Gasteiger charge is 2.50. The highest BCUT2D eigenvalue weighted by Crippen LogP contribution is 2.41. The van der Waals surface area contributed by atoms with Gasteiger partial charge in [-0.15, -0.1) is 0 Å². The summed E-state index contributed by atoms with van der Waals surface area (Å²) in [5.74, 6) is -1.13. The van der Waals surface area contributed by atoms with E-state index in [0.29, 0.717) is 12.0 Å². The maximum absolute atomic E-state index is 12.4. The Morgan fingerprint density at radius 2 is 1.81 bits per heavy atom. The minimum absolute atomic E-state index is 0.0411. The number of carbonyl (C=O) groups excluding carboxylic acids is 2. The van der Waals surface area contributed by atoms with Crippen molar-refractivity contribution < 1.29 is 19.2 Å². The summed E-state index contributed by atoms with van der Waals surface area (Å²) in [5, 5.41) is 10.7. The summed E-state index contributed by atoms with van der Waals surface area (Å²) >= 11 is 0. The molecule has 112 valence electrons. The molecule has 21 heavy (non-hydrogen) atoms. The molecule has 0 amide bonds. The van der Waals surface area contributed by atoms with Crippen LogP contribution in [0.3, 0.4) is 0 Å². The van der Waals surface area contributed by atoms with Crippen LogP contribution in [-0.2, 0) is 14.3 Å². The Balaban J connectivity index is 2.36. The predicted octanol–water partition coefficient (Wildman–Crippen LogP) is 2.81. The highest BCUT2D eigenvalue weighted by atomic mass is 16.6. The number of benzene rings is 1. The summed E-state index contributed by atoms with van der Waals surface area (Å²) in [6, 6.07) is 5.76. The molecule has 1 saturated heterocycles. The Morgan fingerprint density at radius 3 is 2.29 bits per heavy atom. The summed E-state index contributed by atoms with van der Waals surface area (Å²) in [5.41, 5.74) is -0.581. The predicted molar refractivity (Wildman–Crippen MR) is 74.5 cm³/mol. The van der Waals surface area contributed by atoms with E-state index in [-0.39, 0.29) is 11.5 Å². The number of Topliss-reactive ketones (excluding diaryl/α,β-unsaturated/α-hetero) is 1. The lowest BCUT2D eigenvalue weighted by molar-refractivity contribution is -0.384. The van der Waals surface area contributed by atoms with E-state index < -0.39 is 28.3 Å². The second-order valence-corrected chi connectivity index (χ2v) is 5.68. The fraction of sp³-hybridized carbons (Fsp3) is 0.467. The van der Waals surface area contributed by atoms with E-state index in [2.05, 4.69) is 0 Å². The lowest BCUT2D eigenvalue weighted by atomic mass is 9.74. The van der Waals surface area contributed by atoms with Crippen molar-refractivity contribution in [2.24, 2.45) is 11.3 Å². The topological polar surface area (TPSA) is 86.5 Å². The van der Waals surface area contributed by atoms with Gasteiger partial charge < -0.3 is 4.74 Å². The van der Waals surface area contributed by atoms with Crippen molar-refractivity contribution in [3.8, 4) is 0 Å². The normalized spacial score (nSPS) is 24.5. The standard InChI is InChI=1S/C15H17NO5/c1-4-11-12(21-14(18)15(2,3)13(11)17)9-5-7-10(8-6-9)16(19)20/h5-8,11-12H,4H2,1-3H3/t11-,12-/m1/s1. The van der Waals surface area contributed by atoms with Gasteiger partial charge in [-0.25, -0.2) is 0 Å². The van der Waals surface area contributed by atoms with Gasteiger partial charge >= 0.3 is 5.97 Å². The minimum atomic E-state index is -1.14. The first-order chi connectivity index (χ1) is 9.78. The van der Waals surface area contributed by atoms with Crippen LogP contribution in [0.1, 0.15) is 38.9 Å². The number of ketones is 1. The molecule has 0 unspecified atom stereocenters. The summed E-state index contributed by atoms with van der Waals surface area (Å²) in [7, 11) is 0. The number of non-ortho nitro benzene ring substituents is 1. The smallest absolute Gasteiger partial charge is 0.319 e. The number of esters is 1. The third-order valence-electron chi connectivity index (χ3n) is 3.93. The van der Waals surface area contributed by atoms with E-state index in [1.54, 1.807) is 13.8 Å². The second-order valence-electron chi connectivity index (χ2n) is 5.68. The first-order valence-electron chi connectivity index (χ1n) is 6.78. The van der Waals surface area contributed by atoms with Crippen LogP contribution in [0.5, 0.6) is 0 Å². The molecule has 1 heterocycles. The average Bonchev–Trinajstić information content (AvgIpc) is 2.45. The van der Waals surface area contributed by atoms with Crippen molar-refractivity contribution in [1.82, 2.24) is 0 Å². The van der Waals surface area contributed by atoms with Crippen molar-refractivity contribution >= 4 is 17.4 Å². The molecule has 2 atom stereocenters. The van der Waals surface area contributed by atoms with Crippen LogP contribution in [0.15, 0.2) is 24.3 Å². The van der Waals surface area contributed by atoms with Crippen molar-refractivity contribution in [1.29, 1.82) is 0 Å². The van der Waals surface area contributed by atoms with Gasteiger partial charge in [-0.3, -0.25) is 19.7 Å². The Labute approximate surface area is 122 Å². The number of hydrogen-bond acceptors (Lipinski definition) is 5. The zero-order chi connectivity index (χ0) is 15.8. The van der Waals surface area contributed by atoms with E-state index in [9.17, 15) is 19.7 Å². The van der Waals surface area contributed by atoms with Crippen LogP contribution in [-0.4, -0.2) is 16.7 Å². The van der Waals surface area contributed by atoms with Gasteiger partial charge in [-0.2, -0.15) is 0 Å². The van der Waals surface area contributed by atoms with Gasteiger partial charge in [0.2, 0.25) is 0 Å². The van der Waals surface area contributed by atoms with Crippen LogP contribution in [0, 0.1) is 21.4 Å². The second kappa shape index (κ2) is 5.27. The Morgan fingerprint density at radius 1 is 1.24 bits per heavy atom. The van der Waals surface area contributed by atoms with Gasteiger partial charge in [0, 0.05) is 12.1 Å². The van der Waals surface area contributed by atoms with E-state index in [4.69, 9.17) is 4.74 Å². The summed E-state index contributed by atoms with van der Waals surface area (Å²) in [4.78, 5) is 34.6. The number of rotatable bonds is 3. The third kappa shape index (κ3) is 2.53. The van der Waals surface area contributed by atoms with Crippen LogP contribution in [0.25, 0.3) is 0 Å². The molecule has 0 bridgehead atoms. The molecule has 0 radical (unpaired) electrons. The molecule has 1 aromatic rings. The third-order valence-corrected chi connectivity index (χ3v) is 3.93. The van der Waals surface area contributed by atoms with Crippen molar-refractivity contribution in [2.75, 3.05) is 0 Å². The molecule has 1 aromatic carbocycles. The number of hydrogen-bond donors (Lipinski definition) is 0. The van der Waals surface area contributed by atoms with Crippen molar-refractivity contribution in [3.63, 3.8) is 0 Å². The summed E-state index contributed by atoms with van der Waals surface area (Å²) < 4.78 is 5.43. The zero-order valence-electron chi connectivity index (χ0n) is 12.2. The number of cyclic esters (lactones) is 1. The zero-order valence-corrected chi connectivity index (χ0v) is 12.2. The summed E-state index contributed by atoms with van der Waals surface area (Å²) in [6.07, 6.45) is -0.138. The molecule has 1 aliphatic rings. The fourth-order valence-corrected chi connectivity index (χ4v) is 2.53. The van der Waals surface area contributed by atoms with Gasteiger partial charge in [0.15, 0.2) is 5.78 Å².